The molecule has 1 unspecified atom stereocenters. The average molecular weight is 354 g/mol. The number of amides is 1. The number of aryl methyl sites for hydroxylation is 1. The Labute approximate surface area is 151 Å². The van der Waals surface area contributed by atoms with Crippen LogP contribution in [0.3, 0.4) is 0 Å². The van der Waals surface area contributed by atoms with Gasteiger partial charge in [0.1, 0.15) is 5.65 Å². The monoisotopic (exact) mass is 354 g/mol. The van der Waals surface area contributed by atoms with Gasteiger partial charge in [-0.1, -0.05) is 11.2 Å². The number of aromatic nitrogens is 4. The van der Waals surface area contributed by atoms with Crippen LogP contribution in [0.2, 0.25) is 0 Å². The van der Waals surface area contributed by atoms with E-state index in [1.54, 1.807) is 6.92 Å². The Morgan fingerprint density at radius 1 is 1.38 bits per heavy atom. The molecule has 1 fully saturated rings. The number of nitrogens with zero attached hydrogens (tertiary/aromatic N) is 6. The number of carbonyl (C=O) groups is 1. The Bertz CT molecular complexity index is 884. The van der Waals surface area contributed by atoms with Gasteiger partial charge in [-0.2, -0.15) is 4.98 Å². The average Bonchev–Trinajstić information content (AvgIpc) is 3.33. The van der Waals surface area contributed by atoms with Gasteiger partial charge >= 0.3 is 0 Å². The van der Waals surface area contributed by atoms with Crippen molar-refractivity contribution < 1.29 is 9.32 Å². The largest absolute Gasteiger partial charge is 0.341 e. The predicted molar refractivity (Wildman–Crippen MR) is 94.4 cm³/mol. The maximum atomic E-state index is 12.6. The quantitative estimate of drug-likeness (QED) is 0.687. The Morgan fingerprint density at radius 2 is 2.27 bits per heavy atom. The van der Waals surface area contributed by atoms with Gasteiger partial charge in [0.25, 0.3) is 0 Å². The van der Waals surface area contributed by atoms with Gasteiger partial charge in [0.05, 0.1) is 18.7 Å². The second kappa shape index (κ2) is 6.87. The van der Waals surface area contributed by atoms with E-state index in [9.17, 15) is 4.79 Å². The fourth-order valence-electron chi connectivity index (χ4n) is 3.42. The van der Waals surface area contributed by atoms with E-state index in [0.717, 1.165) is 30.9 Å². The van der Waals surface area contributed by atoms with Gasteiger partial charge in [-0.25, -0.2) is 4.98 Å². The van der Waals surface area contributed by atoms with Crippen LogP contribution in [0.4, 0.5) is 0 Å². The summed E-state index contributed by atoms with van der Waals surface area (Å²) < 4.78 is 6.96. The third kappa shape index (κ3) is 3.45. The third-order valence-electron chi connectivity index (χ3n) is 4.85. The zero-order chi connectivity index (χ0) is 18.1. The van der Waals surface area contributed by atoms with Crippen LogP contribution < -0.4 is 0 Å². The molecule has 0 bridgehead atoms. The summed E-state index contributed by atoms with van der Waals surface area (Å²) in [5.41, 5.74) is 1.67. The lowest BCUT2D eigenvalue weighted by Gasteiger charge is -2.23. The first kappa shape index (κ1) is 16.7. The number of imidazole rings is 1. The Kier molecular flexibility index (Phi) is 4.42. The smallest absolute Gasteiger partial charge is 0.228 e. The minimum Gasteiger partial charge on any atom is -0.341 e. The highest BCUT2D eigenvalue weighted by molar-refractivity contribution is 5.78. The normalized spacial score (nSPS) is 17.5. The van der Waals surface area contributed by atoms with Crippen LogP contribution >= 0.6 is 0 Å². The molecule has 3 aromatic rings. The number of rotatable bonds is 5. The van der Waals surface area contributed by atoms with E-state index in [4.69, 9.17) is 4.52 Å². The van der Waals surface area contributed by atoms with Crippen molar-refractivity contribution in [3.63, 3.8) is 0 Å². The van der Waals surface area contributed by atoms with Gasteiger partial charge in [-0.05, 0) is 25.6 Å². The van der Waals surface area contributed by atoms with Gasteiger partial charge in [0.15, 0.2) is 5.82 Å². The Balaban J connectivity index is 1.34. The van der Waals surface area contributed by atoms with Crippen LogP contribution in [0.1, 0.15) is 23.8 Å². The predicted octanol–water partition coefficient (Wildman–Crippen LogP) is 1.30. The van der Waals surface area contributed by atoms with Crippen LogP contribution in [0.5, 0.6) is 0 Å². The van der Waals surface area contributed by atoms with Gasteiger partial charge in [0, 0.05) is 38.4 Å². The first-order valence-corrected chi connectivity index (χ1v) is 8.78. The number of hydrogen-bond acceptors (Lipinski definition) is 6. The molecular weight excluding hydrogens is 332 g/mol. The van der Waals surface area contributed by atoms with Crippen molar-refractivity contribution in [2.24, 2.45) is 0 Å². The van der Waals surface area contributed by atoms with Gasteiger partial charge in [-0.3, -0.25) is 9.69 Å². The van der Waals surface area contributed by atoms with Crippen molar-refractivity contribution in [2.45, 2.75) is 32.4 Å². The van der Waals surface area contributed by atoms with Crippen LogP contribution in [0.15, 0.2) is 35.1 Å². The minimum absolute atomic E-state index is 0.125. The zero-order valence-electron chi connectivity index (χ0n) is 15.0. The molecule has 1 aliphatic rings. The van der Waals surface area contributed by atoms with E-state index < -0.39 is 0 Å². The molecule has 8 nitrogen and oxygen atoms in total. The van der Waals surface area contributed by atoms with Gasteiger partial charge < -0.3 is 13.8 Å². The zero-order valence-corrected chi connectivity index (χ0v) is 15.0. The summed E-state index contributed by atoms with van der Waals surface area (Å²) in [4.78, 5) is 25.5. The third-order valence-corrected chi connectivity index (χ3v) is 4.85. The molecule has 3 aromatic heterocycles. The summed E-state index contributed by atoms with van der Waals surface area (Å²) in [5.74, 6) is 1.38. The van der Waals surface area contributed by atoms with Crippen molar-refractivity contribution >= 4 is 11.6 Å². The first-order chi connectivity index (χ1) is 12.6. The standard InChI is InChI=1S/C18H22N6O2/c1-13-19-16(21-26-13)12-22(2)15-6-8-24(11-15)18(25)9-14-10-23-7-4-3-5-17(23)20-14/h3-5,7,10,15H,6,8-9,11-12H2,1-2H3. The molecular formula is C18H22N6O2. The van der Waals surface area contributed by atoms with Crippen LogP contribution in [-0.2, 0) is 17.8 Å². The van der Waals surface area contributed by atoms with Crippen molar-refractivity contribution in [1.82, 2.24) is 29.3 Å². The molecule has 0 saturated carbocycles. The lowest BCUT2D eigenvalue weighted by molar-refractivity contribution is -0.129. The summed E-state index contributed by atoms with van der Waals surface area (Å²) in [5, 5.41) is 3.94. The second-order valence-corrected chi connectivity index (χ2v) is 6.80. The molecule has 4 rings (SSSR count). The molecule has 0 spiro atoms. The number of pyridine rings is 1. The molecule has 0 radical (unpaired) electrons. The summed E-state index contributed by atoms with van der Waals surface area (Å²) in [6.45, 7) is 3.90. The van der Waals surface area contributed by atoms with E-state index in [-0.39, 0.29) is 5.91 Å². The molecule has 1 saturated heterocycles. The fraction of sp³-hybridized carbons (Fsp3) is 0.444. The summed E-state index contributed by atoms with van der Waals surface area (Å²) >= 11 is 0. The molecule has 0 aromatic carbocycles. The summed E-state index contributed by atoms with van der Waals surface area (Å²) in [6, 6.07) is 6.14. The molecule has 1 amide bonds. The van der Waals surface area contributed by atoms with Gasteiger partial charge in [0.2, 0.25) is 11.8 Å². The number of fused-ring (bicyclic) bond motifs is 1. The van der Waals surface area contributed by atoms with Crippen LogP contribution in [0.25, 0.3) is 5.65 Å². The molecule has 26 heavy (non-hydrogen) atoms. The van der Waals surface area contributed by atoms with E-state index in [0.29, 0.717) is 30.7 Å². The molecule has 4 heterocycles. The molecule has 1 aliphatic heterocycles. The van der Waals surface area contributed by atoms with E-state index >= 15 is 0 Å². The number of hydrogen-bond donors (Lipinski definition) is 0. The number of likely N-dealkylation sites (N-methyl/N-ethyl adjacent to an activating group) is 1. The van der Waals surface area contributed by atoms with Crippen molar-refractivity contribution in [1.29, 1.82) is 0 Å². The van der Waals surface area contributed by atoms with Crippen molar-refractivity contribution in [3.05, 3.63) is 48.0 Å². The lowest BCUT2D eigenvalue weighted by Crippen LogP contribution is -2.37. The highest BCUT2D eigenvalue weighted by Gasteiger charge is 2.29. The topological polar surface area (TPSA) is 79.8 Å². The van der Waals surface area contributed by atoms with Gasteiger partial charge in [-0.15, -0.1) is 0 Å². The number of carbonyl (C=O) groups excluding carboxylic acids is 1. The molecule has 8 heteroatoms. The second-order valence-electron chi connectivity index (χ2n) is 6.80. The SMILES string of the molecule is Cc1nc(CN(C)C2CCN(C(=O)Cc3cn4ccccc4n3)C2)no1. The van der Waals surface area contributed by atoms with Crippen LogP contribution in [0, 0.1) is 6.92 Å². The Morgan fingerprint density at radius 3 is 3.04 bits per heavy atom. The van der Waals surface area contributed by atoms with Crippen molar-refractivity contribution in [2.75, 3.05) is 20.1 Å². The van der Waals surface area contributed by atoms with Crippen LogP contribution in [-0.4, -0.2) is 61.4 Å². The molecule has 0 aliphatic carbocycles. The minimum atomic E-state index is 0.125. The van der Waals surface area contributed by atoms with Crippen molar-refractivity contribution in [3.8, 4) is 0 Å². The Hall–Kier alpha value is -2.74. The summed E-state index contributed by atoms with van der Waals surface area (Å²) in [7, 11) is 2.03. The van der Waals surface area contributed by atoms with E-state index in [1.807, 2.05) is 46.9 Å². The first-order valence-electron chi connectivity index (χ1n) is 8.78. The summed E-state index contributed by atoms with van der Waals surface area (Å²) in [6.07, 6.45) is 5.15. The van der Waals surface area contributed by atoms with E-state index in [1.165, 1.54) is 0 Å². The highest BCUT2D eigenvalue weighted by atomic mass is 16.5. The highest BCUT2D eigenvalue weighted by Crippen LogP contribution is 2.17. The molecule has 1 atom stereocenters. The molecule has 136 valence electrons. The van der Waals surface area contributed by atoms with E-state index in [2.05, 4.69) is 20.0 Å². The maximum Gasteiger partial charge on any atom is 0.228 e. The fourth-order valence-corrected chi connectivity index (χ4v) is 3.42. The maximum absolute atomic E-state index is 12.6. The molecule has 0 N–H and O–H groups in total. The number of likely N-dealkylation sites (tertiary alicyclic amines) is 1. The lowest BCUT2D eigenvalue weighted by atomic mass is 10.2.